The molecule has 2 N–H and O–H groups in total. The molecule has 4 heteroatoms. The van der Waals surface area contributed by atoms with Crippen LogP contribution in [0, 0.1) is 6.92 Å². The Morgan fingerprint density at radius 3 is 2.92 bits per heavy atom. The van der Waals surface area contributed by atoms with E-state index < -0.39 is 0 Å². The van der Waals surface area contributed by atoms with Crippen molar-refractivity contribution in [1.29, 1.82) is 0 Å². The third-order valence-electron chi connectivity index (χ3n) is 1.60. The van der Waals surface area contributed by atoms with Gasteiger partial charge in [-0.05, 0) is 23.9 Å². The number of aryl methyl sites for hydroxylation is 1. The molecule has 0 atom stereocenters. The van der Waals surface area contributed by atoms with Crippen LogP contribution in [0.4, 0.5) is 4.79 Å². The number of rotatable bonds is 2. The Kier molecular flexibility index (Phi) is 3.10. The van der Waals surface area contributed by atoms with E-state index in [9.17, 15) is 4.79 Å². The minimum atomic E-state index is -0.136. The van der Waals surface area contributed by atoms with Gasteiger partial charge in [-0.3, -0.25) is 0 Å². The van der Waals surface area contributed by atoms with Crippen molar-refractivity contribution in [1.82, 2.24) is 10.6 Å². The number of thiophene rings is 1. The summed E-state index contributed by atoms with van der Waals surface area (Å²) >= 11 is 1.66. The maximum atomic E-state index is 10.8. The first-order chi connectivity index (χ1) is 5.74. The van der Waals surface area contributed by atoms with Crippen LogP contribution in [-0.4, -0.2) is 13.1 Å². The lowest BCUT2D eigenvalue weighted by Gasteiger charge is -2.02. The van der Waals surface area contributed by atoms with Crippen molar-refractivity contribution >= 4 is 17.4 Å². The van der Waals surface area contributed by atoms with Crippen LogP contribution in [0.3, 0.4) is 0 Å². The van der Waals surface area contributed by atoms with E-state index in [0.29, 0.717) is 6.54 Å². The molecule has 3 nitrogen and oxygen atoms in total. The maximum absolute atomic E-state index is 10.8. The molecule has 0 unspecified atom stereocenters. The average molecular weight is 184 g/mol. The third kappa shape index (κ3) is 2.23. The van der Waals surface area contributed by atoms with Gasteiger partial charge in [0.2, 0.25) is 0 Å². The van der Waals surface area contributed by atoms with Crippen molar-refractivity contribution in [3.63, 3.8) is 0 Å². The van der Waals surface area contributed by atoms with Gasteiger partial charge < -0.3 is 10.6 Å². The van der Waals surface area contributed by atoms with Crippen molar-refractivity contribution in [2.75, 3.05) is 7.05 Å². The molecule has 66 valence electrons. The zero-order chi connectivity index (χ0) is 8.97. The molecule has 12 heavy (non-hydrogen) atoms. The number of hydrogen-bond donors (Lipinski definition) is 2. The molecule has 0 aromatic carbocycles. The van der Waals surface area contributed by atoms with E-state index in [0.717, 1.165) is 0 Å². The van der Waals surface area contributed by atoms with Gasteiger partial charge in [-0.1, -0.05) is 0 Å². The predicted octanol–water partition coefficient (Wildman–Crippen LogP) is 1.49. The van der Waals surface area contributed by atoms with E-state index in [1.807, 2.05) is 18.4 Å². The van der Waals surface area contributed by atoms with Gasteiger partial charge in [-0.2, -0.15) is 0 Å². The fourth-order valence-electron chi connectivity index (χ4n) is 0.834. The zero-order valence-corrected chi connectivity index (χ0v) is 7.99. The van der Waals surface area contributed by atoms with Gasteiger partial charge in [-0.25, -0.2) is 4.79 Å². The lowest BCUT2D eigenvalue weighted by Crippen LogP contribution is -2.31. The summed E-state index contributed by atoms with van der Waals surface area (Å²) in [4.78, 5) is 12.0. The lowest BCUT2D eigenvalue weighted by atomic mass is 10.3. The van der Waals surface area contributed by atoms with Crippen molar-refractivity contribution in [3.05, 3.63) is 21.9 Å². The molecule has 1 aromatic rings. The minimum absolute atomic E-state index is 0.136. The Balaban J connectivity index is 2.43. The number of nitrogens with one attached hydrogen (secondary N) is 2. The molecule has 0 aliphatic carbocycles. The van der Waals surface area contributed by atoms with Gasteiger partial charge in [0.05, 0.1) is 6.54 Å². The molecule has 0 fully saturated rings. The number of urea groups is 1. The Bertz CT molecular complexity index is 270. The fourth-order valence-corrected chi connectivity index (χ4v) is 1.68. The first-order valence-corrected chi connectivity index (χ1v) is 4.60. The fraction of sp³-hybridized carbons (Fsp3) is 0.375. The topological polar surface area (TPSA) is 41.1 Å². The lowest BCUT2D eigenvalue weighted by molar-refractivity contribution is 0.242. The summed E-state index contributed by atoms with van der Waals surface area (Å²) in [6, 6.07) is 1.91. The van der Waals surface area contributed by atoms with E-state index in [1.165, 1.54) is 10.4 Å². The second kappa shape index (κ2) is 4.11. The van der Waals surface area contributed by atoms with Gasteiger partial charge in [0.15, 0.2) is 0 Å². The van der Waals surface area contributed by atoms with Gasteiger partial charge in [0, 0.05) is 11.9 Å². The van der Waals surface area contributed by atoms with Crippen molar-refractivity contribution in [3.8, 4) is 0 Å². The molecular weight excluding hydrogens is 172 g/mol. The molecule has 0 aliphatic heterocycles. The highest BCUT2D eigenvalue weighted by Gasteiger charge is 2.00. The van der Waals surface area contributed by atoms with Crippen LogP contribution in [0.25, 0.3) is 0 Å². The van der Waals surface area contributed by atoms with Gasteiger partial charge in [0.25, 0.3) is 0 Å². The van der Waals surface area contributed by atoms with Crippen LogP contribution < -0.4 is 10.6 Å². The highest BCUT2D eigenvalue weighted by molar-refractivity contribution is 7.10. The van der Waals surface area contributed by atoms with E-state index in [4.69, 9.17) is 0 Å². The maximum Gasteiger partial charge on any atom is 0.314 e. The van der Waals surface area contributed by atoms with Gasteiger partial charge >= 0.3 is 6.03 Å². The summed E-state index contributed by atoms with van der Waals surface area (Å²) in [5, 5.41) is 7.26. The van der Waals surface area contributed by atoms with E-state index in [1.54, 1.807) is 18.4 Å². The molecule has 0 saturated heterocycles. The molecule has 0 saturated carbocycles. The van der Waals surface area contributed by atoms with Crippen LogP contribution in [-0.2, 0) is 6.54 Å². The van der Waals surface area contributed by atoms with Crippen molar-refractivity contribution in [2.24, 2.45) is 0 Å². The highest BCUT2D eigenvalue weighted by atomic mass is 32.1. The van der Waals surface area contributed by atoms with Crippen molar-refractivity contribution < 1.29 is 4.79 Å². The molecule has 0 aliphatic rings. The summed E-state index contributed by atoms with van der Waals surface area (Å²) in [6.45, 7) is 2.65. The predicted molar refractivity (Wildman–Crippen MR) is 50.4 cm³/mol. The highest BCUT2D eigenvalue weighted by Crippen LogP contribution is 2.14. The van der Waals surface area contributed by atoms with Crippen LogP contribution in [0.15, 0.2) is 11.4 Å². The second-order valence-corrected chi connectivity index (χ2v) is 3.46. The number of hydrogen-bond acceptors (Lipinski definition) is 2. The molecule has 0 spiro atoms. The monoisotopic (exact) mass is 184 g/mol. The normalized spacial score (nSPS) is 9.50. The standard InChI is InChI=1S/C8H12N2OS/c1-6-3-4-12-7(6)5-10-8(11)9-2/h3-4H,5H2,1-2H3,(H2,9,10,11). The largest absolute Gasteiger partial charge is 0.341 e. The van der Waals surface area contributed by atoms with E-state index in [-0.39, 0.29) is 6.03 Å². The summed E-state index contributed by atoms with van der Waals surface area (Å²) in [5.74, 6) is 0. The third-order valence-corrected chi connectivity index (χ3v) is 2.63. The van der Waals surface area contributed by atoms with Gasteiger partial charge in [-0.15, -0.1) is 11.3 Å². The van der Waals surface area contributed by atoms with Crippen LogP contribution in [0.1, 0.15) is 10.4 Å². The minimum Gasteiger partial charge on any atom is -0.341 e. The Labute approximate surface area is 75.8 Å². The smallest absolute Gasteiger partial charge is 0.314 e. The first-order valence-electron chi connectivity index (χ1n) is 3.72. The average Bonchev–Trinajstić information content (AvgIpc) is 2.47. The second-order valence-electron chi connectivity index (χ2n) is 2.46. The Morgan fingerprint density at radius 2 is 2.42 bits per heavy atom. The molecule has 1 heterocycles. The first kappa shape index (κ1) is 9.06. The summed E-state index contributed by atoms with van der Waals surface area (Å²) < 4.78 is 0. The molecule has 0 bridgehead atoms. The van der Waals surface area contributed by atoms with Crippen LogP contribution >= 0.6 is 11.3 Å². The SMILES string of the molecule is CNC(=O)NCc1sccc1C. The molecule has 2 amide bonds. The molecule has 0 radical (unpaired) electrons. The van der Waals surface area contributed by atoms with Gasteiger partial charge in [0.1, 0.15) is 0 Å². The summed E-state index contributed by atoms with van der Waals surface area (Å²) in [5.41, 5.74) is 1.23. The van der Waals surface area contributed by atoms with E-state index >= 15 is 0 Å². The number of carbonyl (C=O) groups excluding carboxylic acids is 1. The van der Waals surface area contributed by atoms with Crippen LogP contribution in [0.2, 0.25) is 0 Å². The molecule has 1 rings (SSSR count). The number of amides is 2. The molecular formula is C8H12N2OS. The Hall–Kier alpha value is -1.03. The number of carbonyl (C=O) groups is 1. The van der Waals surface area contributed by atoms with E-state index in [2.05, 4.69) is 10.6 Å². The molecule has 1 aromatic heterocycles. The van der Waals surface area contributed by atoms with Crippen LogP contribution in [0.5, 0.6) is 0 Å². The summed E-state index contributed by atoms with van der Waals surface area (Å²) in [6.07, 6.45) is 0. The Morgan fingerprint density at radius 1 is 1.67 bits per heavy atom. The zero-order valence-electron chi connectivity index (χ0n) is 7.18. The summed E-state index contributed by atoms with van der Waals surface area (Å²) in [7, 11) is 1.61. The van der Waals surface area contributed by atoms with Crippen molar-refractivity contribution in [2.45, 2.75) is 13.5 Å². The quantitative estimate of drug-likeness (QED) is 0.718.